The van der Waals surface area contributed by atoms with Crippen LogP contribution in [0.5, 0.6) is 0 Å². The molecule has 7 heteroatoms. The molecule has 0 bridgehead atoms. The summed E-state index contributed by atoms with van der Waals surface area (Å²) in [6.45, 7) is 0. The van der Waals surface area contributed by atoms with Crippen LogP contribution in [0.15, 0.2) is 164 Å². The van der Waals surface area contributed by atoms with Gasteiger partial charge in [-0.1, -0.05) is 115 Å². The van der Waals surface area contributed by atoms with E-state index >= 15 is 0 Å². The summed E-state index contributed by atoms with van der Waals surface area (Å²) in [5.74, 6) is 1.16. The zero-order chi connectivity index (χ0) is 35.8. The maximum Gasteiger partial charge on any atom is 0.237 e. The fourth-order valence-corrected chi connectivity index (χ4v) is 9.15. The molecule has 55 heavy (non-hydrogen) atoms. The molecule has 12 aromatic rings. The van der Waals surface area contributed by atoms with Gasteiger partial charge in [0.1, 0.15) is 0 Å². The maximum absolute atomic E-state index is 5.36. The average Bonchev–Trinajstić information content (AvgIpc) is 3.96. The zero-order valence-corrected chi connectivity index (χ0v) is 29.2. The van der Waals surface area contributed by atoms with E-state index < -0.39 is 0 Å². The van der Waals surface area contributed by atoms with Gasteiger partial charge in [-0.05, 0) is 48.5 Å². The van der Waals surface area contributed by atoms with Crippen molar-refractivity contribution >= 4 is 76.5 Å². The molecule has 0 saturated carbocycles. The minimum absolute atomic E-state index is 0.577. The van der Waals surface area contributed by atoms with Gasteiger partial charge in [0, 0.05) is 49.1 Å². The van der Waals surface area contributed by atoms with Crippen molar-refractivity contribution in [2.75, 3.05) is 0 Å². The van der Waals surface area contributed by atoms with E-state index in [2.05, 4.69) is 177 Å². The summed E-state index contributed by atoms with van der Waals surface area (Å²) in [7, 11) is 0. The quantitative estimate of drug-likeness (QED) is 0.184. The molecule has 0 amide bonds. The lowest BCUT2D eigenvalue weighted by molar-refractivity contribution is 0.976. The topological polar surface area (TPSA) is 66.3 Å². The summed E-state index contributed by atoms with van der Waals surface area (Å²) < 4.78 is 6.73. The molecule has 5 aromatic heterocycles. The number of nitrogens with zero attached hydrogens (tertiary/aromatic N) is 7. The predicted molar refractivity (Wildman–Crippen MR) is 223 cm³/mol. The standard InChI is InChI=1S/C48H27N7/c1-2-19-35-34(18-1)44-43-45(35)50-48(52-46(43)51-47(49-44)54-39-22-10-5-15-31(39)32-16-6-11-23-40(32)54)55-41-24-12-7-17-33(41)36-27-28(25-26-42(36)55)53-37-20-8-3-13-29(37)30-14-4-9-21-38(30)53/h1-27H. The van der Waals surface area contributed by atoms with Crippen LogP contribution in [0.25, 0.3) is 117 Å². The van der Waals surface area contributed by atoms with Gasteiger partial charge < -0.3 is 4.57 Å². The molecule has 1 aliphatic carbocycles. The number of hydrogen-bond acceptors (Lipinski definition) is 4. The van der Waals surface area contributed by atoms with Gasteiger partial charge in [0.05, 0.1) is 49.9 Å². The van der Waals surface area contributed by atoms with E-state index in [1.165, 1.54) is 21.8 Å². The van der Waals surface area contributed by atoms with E-state index in [1.54, 1.807) is 0 Å². The first-order valence-corrected chi connectivity index (χ1v) is 18.5. The van der Waals surface area contributed by atoms with Gasteiger partial charge in [0.25, 0.3) is 0 Å². The maximum atomic E-state index is 5.36. The Morgan fingerprint density at radius 3 is 1.13 bits per heavy atom. The van der Waals surface area contributed by atoms with Gasteiger partial charge in [0.2, 0.25) is 11.9 Å². The number of para-hydroxylation sites is 5. The van der Waals surface area contributed by atoms with Crippen LogP contribution in [0.4, 0.5) is 0 Å². The van der Waals surface area contributed by atoms with Crippen LogP contribution in [0.1, 0.15) is 0 Å². The summed E-state index contributed by atoms with van der Waals surface area (Å²) in [5, 5.41) is 7.94. The van der Waals surface area contributed by atoms with Crippen LogP contribution in [0.2, 0.25) is 0 Å². The Hall–Kier alpha value is -7.64. The van der Waals surface area contributed by atoms with Crippen molar-refractivity contribution in [3.63, 3.8) is 0 Å². The highest BCUT2D eigenvalue weighted by Crippen LogP contribution is 2.46. The molecule has 0 radical (unpaired) electrons. The molecule has 1 aliphatic rings. The molecule has 13 rings (SSSR count). The second kappa shape index (κ2) is 10.5. The molecule has 0 unspecified atom stereocenters. The summed E-state index contributed by atoms with van der Waals surface area (Å²) in [6, 6.07) is 57.9. The van der Waals surface area contributed by atoms with Crippen LogP contribution in [-0.4, -0.2) is 33.6 Å². The Labute approximate surface area is 313 Å². The summed E-state index contributed by atoms with van der Waals surface area (Å²) in [6.07, 6.45) is 0. The smallest absolute Gasteiger partial charge is 0.237 e. The Morgan fingerprint density at radius 2 is 0.673 bits per heavy atom. The fourth-order valence-electron chi connectivity index (χ4n) is 9.15. The first-order valence-electron chi connectivity index (χ1n) is 18.5. The minimum Gasteiger partial charge on any atom is -0.309 e. The molecule has 0 spiro atoms. The van der Waals surface area contributed by atoms with E-state index in [0.29, 0.717) is 17.5 Å². The summed E-state index contributed by atoms with van der Waals surface area (Å²) >= 11 is 0. The first kappa shape index (κ1) is 28.9. The molecular weight excluding hydrogens is 675 g/mol. The molecular formula is C48H27N7. The van der Waals surface area contributed by atoms with Crippen LogP contribution >= 0.6 is 0 Å². The predicted octanol–water partition coefficient (Wildman–Crippen LogP) is 11.4. The Morgan fingerprint density at radius 1 is 0.309 bits per heavy atom. The molecule has 5 heterocycles. The normalized spacial score (nSPS) is 12.4. The molecule has 254 valence electrons. The number of benzene rings is 7. The first-order chi connectivity index (χ1) is 27.3. The second-order valence-corrected chi connectivity index (χ2v) is 14.3. The highest BCUT2D eigenvalue weighted by atomic mass is 15.2. The third-order valence-electron chi connectivity index (χ3n) is 11.4. The van der Waals surface area contributed by atoms with Crippen molar-refractivity contribution in [1.82, 2.24) is 33.6 Å². The highest BCUT2D eigenvalue weighted by Gasteiger charge is 2.29. The average molecular weight is 702 g/mol. The van der Waals surface area contributed by atoms with Crippen molar-refractivity contribution in [2.45, 2.75) is 0 Å². The zero-order valence-electron chi connectivity index (χ0n) is 29.2. The van der Waals surface area contributed by atoms with Crippen molar-refractivity contribution in [1.29, 1.82) is 0 Å². The molecule has 0 saturated heterocycles. The van der Waals surface area contributed by atoms with Crippen molar-refractivity contribution in [2.24, 2.45) is 0 Å². The van der Waals surface area contributed by atoms with Gasteiger partial charge in [-0.3, -0.25) is 9.13 Å². The lowest BCUT2D eigenvalue weighted by Crippen LogP contribution is -2.06. The molecule has 7 nitrogen and oxygen atoms in total. The van der Waals surface area contributed by atoms with E-state index in [4.69, 9.17) is 19.9 Å². The third kappa shape index (κ3) is 3.78. The minimum atomic E-state index is 0.577. The summed E-state index contributed by atoms with van der Waals surface area (Å²) in [4.78, 5) is 21.3. The fraction of sp³-hybridized carbons (Fsp3) is 0. The monoisotopic (exact) mass is 701 g/mol. The molecule has 0 aliphatic heterocycles. The molecule has 0 fully saturated rings. The third-order valence-corrected chi connectivity index (χ3v) is 11.4. The second-order valence-electron chi connectivity index (χ2n) is 14.3. The van der Waals surface area contributed by atoms with Crippen molar-refractivity contribution in [3.05, 3.63) is 164 Å². The van der Waals surface area contributed by atoms with Crippen LogP contribution in [0, 0.1) is 0 Å². The highest BCUT2D eigenvalue weighted by molar-refractivity contribution is 6.14. The van der Waals surface area contributed by atoms with Gasteiger partial charge in [-0.25, -0.2) is 9.97 Å². The van der Waals surface area contributed by atoms with Crippen LogP contribution < -0.4 is 0 Å². The number of fused-ring (bicyclic) bond motifs is 12. The lowest BCUT2D eigenvalue weighted by Gasteiger charge is -2.11. The van der Waals surface area contributed by atoms with Crippen LogP contribution in [0.3, 0.4) is 0 Å². The van der Waals surface area contributed by atoms with Gasteiger partial charge in [0.15, 0.2) is 5.65 Å². The van der Waals surface area contributed by atoms with Gasteiger partial charge in [-0.2, -0.15) is 9.97 Å². The molecule has 7 aromatic carbocycles. The van der Waals surface area contributed by atoms with E-state index in [0.717, 1.165) is 77.2 Å². The Balaban J connectivity index is 1.09. The van der Waals surface area contributed by atoms with Crippen LogP contribution in [-0.2, 0) is 0 Å². The van der Waals surface area contributed by atoms with Gasteiger partial charge >= 0.3 is 0 Å². The number of rotatable bonds is 3. The van der Waals surface area contributed by atoms with E-state index in [1.807, 2.05) is 0 Å². The number of aromatic nitrogens is 7. The largest absolute Gasteiger partial charge is 0.309 e. The van der Waals surface area contributed by atoms with E-state index in [-0.39, 0.29) is 0 Å². The SMILES string of the molecule is c1ccc2c(c1)-c1nc(-n3c4ccccc4c4ccccc43)nc3nc(-n4c5ccccc5c5cc(-n6c7ccccc7c7ccccc76)ccc54)nc-2c13. The Kier molecular flexibility index (Phi) is 5.51. The van der Waals surface area contributed by atoms with Crippen molar-refractivity contribution < 1.29 is 0 Å². The molecule has 0 atom stereocenters. The van der Waals surface area contributed by atoms with E-state index in [9.17, 15) is 0 Å². The van der Waals surface area contributed by atoms with Crippen molar-refractivity contribution in [3.8, 4) is 40.1 Å². The van der Waals surface area contributed by atoms with Gasteiger partial charge in [-0.15, -0.1) is 0 Å². The number of hydrogen-bond donors (Lipinski definition) is 0. The molecule has 0 N–H and O–H groups in total. The summed E-state index contributed by atoms with van der Waals surface area (Å²) in [5.41, 5.74) is 12.0. The Bertz CT molecular complexity index is 3520. The lowest BCUT2D eigenvalue weighted by atomic mass is 10.1.